The van der Waals surface area contributed by atoms with Crippen LogP contribution in [0.4, 0.5) is 5.69 Å². The second-order valence-electron chi connectivity index (χ2n) is 3.55. The van der Waals surface area contributed by atoms with Gasteiger partial charge in [-0.15, -0.1) is 0 Å². The summed E-state index contributed by atoms with van der Waals surface area (Å²) in [5.41, 5.74) is 7.62. The summed E-state index contributed by atoms with van der Waals surface area (Å²) in [6.45, 7) is 2.15. The van der Waals surface area contributed by atoms with E-state index in [1.165, 1.54) is 18.2 Å². The van der Waals surface area contributed by atoms with Gasteiger partial charge in [-0.1, -0.05) is 0 Å². The Balaban J connectivity index is 3.13. The standard InChI is InChI=1S/C12H13N5O3/c1-2-20-10-4-3-7(12(18)19)5-8(10)16-17-9(6-13)11(14)15/h3-5,16H,2H2,1H3,(H3,14,15)(H,18,19)/b17-9+. The van der Waals surface area contributed by atoms with Crippen LogP contribution in [0.1, 0.15) is 17.3 Å². The van der Waals surface area contributed by atoms with Crippen molar-refractivity contribution in [3.63, 3.8) is 0 Å². The molecule has 0 atom stereocenters. The fourth-order valence-electron chi connectivity index (χ4n) is 1.29. The van der Waals surface area contributed by atoms with Crippen LogP contribution in [0.5, 0.6) is 5.75 Å². The van der Waals surface area contributed by atoms with Gasteiger partial charge in [0, 0.05) is 0 Å². The zero-order chi connectivity index (χ0) is 15.1. The molecule has 0 aromatic heterocycles. The molecule has 8 nitrogen and oxygen atoms in total. The van der Waals surface area contributed by atoms with E-state index in [4.69, 9.17) is 26.2 Å². The van der Waals surface area contributed by atoms with Crippen molar-refractivity contribution in [2.45, 2.75) is 6.92 Å². The van der Waals surface area contributed by atoms with Gasteiger partial charge in [0.2, 0.25) is 5.71 Å². The van der Waals surface area contributed by atoms with Crippen LogP contribution in [0.3, 0.4) is 0 Å². The van der Waals surface area contributed by atoms with Crippen LogP contribution in [0.15, 0.2) is 23.3 Å². The SMILES string of the molecule is CCOc1ccc(C(=O)O)cc1N/N=C(\C#N)C(=N)N. The summed E-state index contributed by atoms with van der Waals surface area (Å²) in [5.74, 6) is -1.22. The highest BCUT2D eigenvalue weighted by Gasteiger charge is 2.10. The number of hydrogen-bond acceptors (Lipinski definition) is 6. The molecule has 0 aliphatic carbocycles. The summed E-state index contributed by atoms with van der Waals surface area (Å²) in [7, 11) is 0. The second-order valence-corrected chi connectivity index (χ2v) is 3.55. The lowest BCUT2D eigenvalue weighted by molar-refractivity contribution is 0.0697. The summed E-state index contributed by atoms with van der Waals surface area (Å²) < 4.78 is 5.31. The average molecular weight is 275 g/mol. The Morgan fingerprint density at radius 3 is 2.85 bits per heavy atom. The van der Waals surface area contributed by atoms with E-state index in [1.807, 2.05) is 0 Å². The minimum absolute atomic E-state index is 0.0347. The number of nitriles is 1. The molecule has 0 fully saturated rings. The maximum Gasteiger partial charge on any atom is 0.335 e. The second kappa shape index (κ2) is 6.75. The first-order chi connectivity index (χ1) is 9.49. The lowest BCUT2D eigenvalue weighted by atomic mass is 10.2. The number of anilines is 1. The molecular formula is C12H13N5O3. The fourth-order valence-corrected chi connectivity index (χ4v) is 1.29. The Morgan fingerprint density at radius 1 is 1.65 bits per heavy atom. The maximum atomic E-state index is 10.9. The topological polar surface area (TPSA) is 145 Å². The molecule has 5 N–H and O–H groups in total. The number of carboxylic acids is 1. The largest absolute Gasteiger partial charge is 0.492 e. The van der Waals surface area contributed by atoms with Gasteiger partial charge in [0.15, 0.2) is 5.84 Å². The van der Waals surface area contributed by atoms with Gasteiger partial charge in [0.1, 0.15) is 11.8 Å². The number of nitrogens with zero attached hydrogens (tertiary/aromatic N) is 2. The fraction of sp³-hybridized carbons (Fsp3) is 0.167. The zero-order valence-electron chi connectivity index (χ0n) is 10.7. The van der Waals surface area contributed by atoms with Crippen molar-refractivity contribution in [1.82, 2.24) is 0 Å². The molecule has 0 heterocycles. The normalized spacial score (nSPS) is 10.5. The van der Waals surface area contributed by atoms with Crippen LogP contribution in [0.2, 0.25) is 0 Å². The Labute approximate surface area is 115 Å². The number of nitrogens with one attached hydrogen (secondary N) is 2. The Hall–Kier alpha value is -3.08. The Bertz CT molecular complexity index is 604. The molecule has 104 valence electrons. The van der Waals surface area contributed by atoms with Gasteiger partial charge in [0.25, 0.3) is 0 Å². The predicted molar refractivity (Wildman–Crippen MR) is 73.2 cm³/mol. The Morgan fingerprint density at radius 2 is 2.35 bits per heavy atom. The summed E-state index contributed by atoms with van der Waals surface area (Å²) in [4.78, 5) is 10.9. The minimum Gasteiger partial charge on any atom is -0.492 e. The van der Waals surface area contributed by atoms with Crippen LogP contribution >= 0.6 is 0 Å². The monoisotopic (exact) mass is 275 g/mol. The van der Waals surface area contributed by atoms with Crippen LogP contribution < -0.4 is 15.9 Å². The van der Waals surface area contributed by atoms with Gasteiger partial charge in [-0.05, 0) is 25.1 Å². The van der Waals surface area contributed by atoms with Crippen LogP contribution in [0, 0.1) is 16.7 Å². The number of hydrazone groups is 1. The molecule has 8 heteroatoms. The molecule has 0 amide bonds. The van der Waals surface area contributed by atoms with Crippen molar-refractivity contribution in [2.75, 3.05) is 12.0 Å². The first kappa shape index (κ1) is 15.0. The lowest BCUT2D eigenvalue weighted by Gasteiger charge is -2.10. The number of carboxylic acid groups (broad SMARTS) is 1. The van der Waals surface area contributed by atoms with E-state index in [0.717, 1.165) is 0 Å². The van der Waals surface area contributed by atoms with Crippen molar-refractivity contribution in [2.24, 2.45) is 10.8 Å². The van der Waals surface area contributed by atoms with E-state index < -0.39 is 11.8 Å². The number of rotatable bonds is 6. The number of ether oxygens (including phenoxy) is 1. The molecule has 0 aliphatic heterocycles. The molecule has 1 aromatic carbocycles. The van der Waals surface area contributed by atoms with E-state index in [2.05, 4.69) is 10.5 Å². The van der Waals surface area contributed by atoms with Crippen molar-refractivity contribution < 1.29 is 14.6 Å². The lowest BCUT2D eigenvalue weighted by Crippen LogP contribution is -2.22. The third-order valence-corrected chi connectivity index (χ3v) is 2.18. The number of nitrogens with two attached hydrogens (primary N) is 1. The predicted octanol–water partition coefficient (Wildman–Crippen LogP) is 1.01. The van der Waals surface area contributed by atoms with E-state index in [0.29, 0.717) is 12.4 Å². The number of benzene rings is 1. The summed E-state index contributed by atoms with van der Waals surface area (Å²) in [6, 6.07) is 5.82. The molecule has 0 unspecified atom stereocenters. The number of amidine groups is 1. The van der Waals surface area contributed by atoms with Gasteiger partial charge in [-0.2, -0.15) is 10.4 Å². The molecule has 0 aliphatic rings. The van der Waals surface area contributed by atoms with Crippen molar-refractivity contribution >= 4 is 23.2 Å². The third-order valence-electron chi connectivity index (χ3n) is 2.18. The third kappa shape index (κ3) is 3.71. The van der Waals surface area contributed by atoms with E-state index in [9.17, 15) is 4.79 Å². The molecule has 0 saturated heterocycles. The summed E-state index contributed by atoms with van der Waals surface area (Å²) in [6.07, 6.45) is 0. The molecule has 0 radical (unpaired) electrons. The van der Waals surface area contributed by atoms with E-state index >= 15 is 0 Å². The number of carbonyl (C=O) groups is 1. The number of aromatic carboxylic acids is 1. The number of hydrogen-bond donors (Lipinski definition) is 4. The smallest absolute Gasteiger partial charge is 0.335 e. The van der Waals surface area contributed by atoms with Crippen molar-refractivity contribution in [3.05, 3.63) is 23.8 Å². The van der Waals surface area contributed by atoms with Gasteiger partial charge in [-0.3, -0.25) is 10.8 Å². The van der Waals surface area contributed by atoms with Crippen molar-refractivity contribution in [1.29, 1.82) is 10.7 Å². The average Bonchev–Trinajstić information content (AvgIpc) is 2.40. The molecular weight excluding hydrogens is 262 g/mol. The molecule has 0 saturated carbocycles. The van der Waals surface area contributed by atoms with Gasteiger partial charge >= 0.3 is 5.97 Å². The van der Waals surface area contributed by atoms with Gasteiger partial charge in [-0.25, -0.2) is 4.79 Å². The molecule has 1 aromatic rings. The molecule has 0 bridgehead atoms. The quantitative estimate of drug-likeness (QED) is 0.346. The highest BCUT2D eigenvalue weighted by atomic mass is 16.5. The van der Waals surface area contributed by atoms with Crippen LogP contribution in [0.25, 0.3) is 0 Å². The minimum atomic E-state index is -1.10. The van der Waals surface area contributed by atoms with E-state index in [-0.39, 0.29) is 17.0 Å². The summed E-state index contributed by atoms with van der Waals surface area (Å²) >= 11 is 0. The van der Waals surface area contributed by atoms with Crippen LogP contribution in [-0.4, -0.2) is 29.2 Å². The molecule has 0 spiro atoms. The highest BCUT2D eigenvalue weighted by molar-refractivity contribution is 6.45. The molecule has 20 heavy (non-hydrogen) atoms. The maximum absolute atomic E-state index is 10.9. The highest BCUT2D eigenvalue weighted by Crippen LogP contribution is 2.26. The van der Waals surface area contributed by atoms with Crippen LogP contribution in [-0.2, 0) is 0 Å². The van der Waals surface area contributed by atoms with Gasteiger partial charge < -0.3 is 15.6 Å². The van der Waals surface area contributed by atoms with E-state index in [1.54, 1.807) is 13.0 Å². The van der Waals surface area contributed by atoms with Gasteiger partial charge in [0.05, 0.1) is 17.9 Å². The first-order valence-corrected chi connectivity index (χ1v) is 5.58. The molecule has 1 rings (SSSR count). The first-order valence-electron chi connectivity index (χ1n) is 5.58. The summed E-state index contributed by atoms with van der Waals surface area (Å²) in [5, 5.41) is 28.4. The Kier molecular flexibility index (Phi) is 5.05. The zero-order valence-corrected chi connectivity index (χ0v) is 10.7. The van der Waals surface area contributed by atoms with Crippen molar-refractivity contribution in [3.8, 4) is 11.8 Å².